The summed E-state index contributed by atoms with van der Waals surface area (Å²) in [5.41, 5.74) is 7.54. The topological polar surface area (TPSA) is 26.0 Å². The second-order valence-electron chi connectivity index (χ2n) is 5.82. The predicted molar refractivity (Wildman–Crippen MR) is 67.7 cm³/mol. The lowest BCUT2D eigenvalue weighted by Gasteiger charge is -2.61. The lowest BCUT2D eigenvalue weighted by Crippen LogP contribution is -2.56. The van der Waals surface area contributed by atoms with E-state index in [0.717, 1.165) is 18.4 Å². The summed E-state index contributed by atoms with van der Waals surface area (Å²) < 4.78 is 13.1. The maximum atomic E-state index is 13.1. The van der Waals surface area contributed by atoms with Gasteiger partial charge in [-0.1, -0.05) is 24.1 Å². The standard InChI is InChI=1S/C14H17ClFN/c15-12-6-10(16)2-3-11(12)14(9-17)7-13(8-14)4-1-5-13/h2-3,6H,1,4-5,7-9,17H2. The van der Waals surface area contributed by atoms with Gasteiger partial charge in [0.25, 0.3) is 0 Å². The number of nitrogens with two attached hydrogens (primary N) is 1. The maximum absolute atomic E-state index is 13.1. The molecule has 2 aliphatic rings. The van der Waals surface area contributed by atoms with Gasteiger partial charge < -0.3 is 5.73 Å². The van der Waals surface area contributed by atoms with Crippen LogP contribution in [0.1, 0.15) is 37.7 Å². The minimum Gasteiger partial charge on any atom is -0.330 e. The van der Waals surface area contributed by atoms with Crippen LogP contribution < -0.4 is 5.73 Å². The summed E-state index contributed by atoms with van der Waals surface area (Å²) in [4.78, 5) is 0. The summed E-state index contributed by atoms with van der Waals surface area (Å²) in [7, 11) is 0. The zero-order valence-corrected chi connectivity index (χ0v) is 10.6. The molecular weight excluding hydrogens is 237 g/mol. The third kappa shape index (κ3) is 1.61. The van der Waals surface area contributed by atoms with Crippen molar-refractivity contribution in [3.8, 4) is 0 Å². The fraction of sp³-hybridized carbons (Fsp3) is 0.571. The van der Waals surface area contributed by atoms with E-state index in [-0.39, 0.29) is 11.2 Å². The van der Waals surface area contributed by atoms with Crippen molar-refractivity contribution in [3.05, 3.63) is 34.6 Å². The minimum absolute atomic E-state index is 0.00516. The largest absolute Gasteiger partial charge is 0.330 e. The molecule has 17 heavy (non-hydrogen) atoms. The number of halogens is 2. The molecular formula is C14H17ClFN. The van der Waals surface area contributed by atoms with E-state index in [1.807, 2.05) is 6.07 Å². The monoisotopic (exact) mass is 253 g/mol. The predicted octanol–water partition coefficient (Wildman–Crippen LogP) is 3.64. The molecule has 0 amide bonds. The first-order valence-corrected chi connectivity index (χ1v) is 6.63. The summed E-state index contributed by atoms with van der Waals surface area (Å²) in [6.07, 6.45) is 6.25. The van der Waals surface area contributed by atoms with Crippen molar-refractivity contribution in [2.24, 2.45) is 11.1 Å². The summed E-state index contributed by atoms with van der Waals surface area (Å²) in [6.45, 7) is 0.611. The quantitative estimate of drug-likeness (QED) is 0.856. The Bertz CT molecular complexity index is 446. The van der Waals surface area contributed by atoms with E-state index in [4.69, 9.17) is 17.3 Å². The Hall–Kier alpha value is -0.600. The van der Waals surface area contributed by atoms with Gasteiger partial charge in [-0.15, -0.1) is 0 Å². The first-order valence-electron chi connectivity index (χ1n) is 6.25. The van der Waals surface area contributed by atoms with Crippen LogP contribution in [0.25, 0.3) is 0 Å². The Morgan fingerprint density at radius 1 is 1.29 bits per heavy atom. The normalized spacial score (nSPS) is 24.2. The molecule has 0 aliphatic heterocycles. The molecule has 3 heteroatoms. The molecule has 1 aromatic carbocycles. The molecule has 0 saturated heterocycles. The Morgan fingerprint density at radius 2 is 2.00 bits per heavy atom. The second-order valence-corrected chi connectivity index (χ2v) is 6.22. The molecule has 0 unspecified atom stereocenters. The summed E-state index contributed by atoms with van der Waals surface area (Å²) >= 11 is 6.16. The van der Waals surface area contributed by atoms with Crippen molar-refractivity contribution >= 4 is 11.6 Å². The van der Waals surface area contributed by atoms with Crippen LogP contribution in [0.2, 0.25) is 5.02 Å². The highest BCUT2D eigenvalue weighted by atomic mass is 35.5. The Kier molecular flexibility index (Phi) is 2.50. The lowest BCUT2D eigenvalue weighted by atomic mass is 9.44. The highest BCUT2D eigenvalue weighted by Gasteiger charge is 2.57. The van der Waals surface area contributed by atoms with E-state index < -0.39 is 0 Å². The van der Waals surface area contributed by atoms with Crippen LogP contribution >= 0.6 is 11.6 Å². The van der Waals surface area contributed by atoms with Gasteiger partial charge in [-0.05, 0) is 48.8 Å². The molecule has 1 nitrogen and oxygen atoms in total. The van der Waals surface area contributed by atoms with Crippen LogP contribution in [-0.2, 0) is 5.41 Å². The van der Waals surface area contributed by atoms with E-state index >= 15 is 0 Å². The smallest absolute Gasteiger partial charge is 0.124 e. The lowest BCUT2D eigenvalue weighted by molar-refractivity contribution is -0.0446. The zero-order chi connectivity index (χ0) is 12.1. The molecule has 2 saturated carbocycles. The fourth-order valence-electron chi connectivity index (χ4n) is 3.78. The van der Waals surface area contributed by atoms with Crippen LogP contribution in [0, 0.1) is 11.2 Å². The van der Waals surface area contributed by atoms with Gasteiger partial charge in [-0.2, -0.15) is 0 Å². The highest BCUT2D eigenvalue weighted by Crippen LogP contribution is 2.65. The van der Waals surface area contributed by atoms with Gasteiger partial charge in [0, 0.05) is 17.0 Å². The number of rotatable bonds is 2. The third-order valence-electron chi connectivity index (χ3n) is 4.73. The van der Waals surface area contributed by atoms with Gasteiger partial charge >= 0.3 is 0 Å². The van der Waals surface area contributed by atoms with Gasteiger partial charge in [0.1, 0.15) is 5.82 Å². The molecule has 1 spiro atoms. The van der Waals surface area contributed by atoms with Gasteiger partial charge in [-0.25, -0.2) is 4.39 Å². The van der Waals surface area contributed by atoms with Crippen molar-refractivity contribution in [3.63, 3.8) is 0 Å². The van der Waals surface area contributed by atoms with Crippen molar-refractivity contribution in [2.45, 2.75) is 37.5 Å². The van der Waals surface area contributed by atoms with Gasteiger partial charge in [0.15, 0.2) is 0 Å². The van der Waals surface area contributed by atoms with Gasteiger partial charge in [0.05, 0.1) is 0 Å². The molecule has 0 aromatic heterocycles. The summed E-state index contributed by atoms with van der Waals surface area (Å²) in [5, 5.41) is 0.532. The highest BCUT2D eigenvalue weighted by molar-refractivity contribution is 6.31. The first kappa shape index (κ1) is 11.5. The molecule has 0 bridgehead atoms. The zero-order valence-electron chi connectivity index (χ0n) is 9.81. The molecule has 3 rings (SSSR count). The second kappa shape index (κ2) is 3.69. The van der Waals surface area contributed by atoms with Crippen LogP contribution in [0.15, 0.2) is 18.2 Å². The average molecular weight is 254 g/mol. The molecule has 2 N–H and O–H groups in total. The van der Waals surface area contributed by atoms with Crippen LogP contribution in [-0.4, -0.2) is 6.54 Å². The number of hydrogen-bond acceptors (Lipinski definition) is 1. The molecule has 92 valence electrons. The molecule has 2 fully saturated rings. The van der Waals surface area contributed by atoms with Crippen molar-refractivity contribution in [2.75, 3.05) is 6.54 Å². The Morgan fingerprint density at radius 3 is 2.47 bits per heavy atom. The molecule has 0 heterocycles. The van der Waals surface area contributed by atoms with Crippen LogP contribution in [0.5, 0.6) is 0 Å². The molecule has 2 aliphatic carbocycles. The molecule has 0 atom stereocenters. The van der Waals surface area contributed by atoms with E-state index in [1.165, 1.54) is 31.4 Å². The molecule has 0 radical (unpaired) electrons. The van der Waals surface area contributed by atoms with Crippen molar-refractivity contribution in [1.29, 1.82) is 0 Å². The first-order chi connectivity index (χ1) is 8.09. The average Bonchev–Trinajstić information content (AvgIpc) is 2.17. The summed E-state index contributed by atoms with van der Waals surface area (Å²) in [5.74, 6) is -0.274. The minimum atomic E-state index is -0.274. The third-order valence-corrected chi connectivity index (χ3v) is 5.05. The Labute approximate surface area is 106 Å². The van der Waals surface area contributed by atoms with E-state index in [9.17, 15) is 4.39 Å². The van der Waals surface area contributed by atoms with Crippen molar-refractivity contribution < 1.29 is 4.39 Å². The van der Waals surface area contributed by atoms with Gasteiger partial charge in [-0.3, -0.25) is 0 Å². The number of hydrogen-bond donors (Lipinski definition) is 1. The van der Waals surface area contributed by atoms with E-state index in [1.54, 1.807) is 0 Å². The number of benzene rings is 1. The van der Waals surface area contributed by atoms with Crippen LogP contribution in [0.3, 0.4) is 0 Å². The van der Waals surface area contributed by atoms with Crippen molar-refractivity contribution in [1.82, 2.24) is 0 Å². The van der Waals surface area contributed by atoms with E-state index in [0.29, 0.717) is 17.0 Å². The van der Waals surface area contributed by atoms with Gasteiger partial charge in [0.2, 0.25) is 0 Å². The maximum Gasteiger partial charge on any atom is 0.124 e. The summed E-state index contributed by atoms with van der Waals surface area (Å²) in [6, 6.07) is 4.71. The fourth-order valence-corrected chi connectivity index (χ4v) is 4.15. The van der Waals surface area contributed by atoms with Crippen LogP contribution in [0.4, 0.5) is 4.39 Å². The molecule has 1 aromatic rings. The SMILES string of the molecule is NCC1(c2ccc(F)cc2Cl)CC2(CCC2)C1. The Balaban J connectivity index is 1.91. The van der Waals surface area contributed by atoms with E-state index in [2.05, 4.69) is 0 Å².